The lowest BCUT2D eigenvalue weighted by Crippen LogP contribution is -2.12. The molecule has 1 heteroatoms. The Morgan fingerprint density at radius 3 is 1.43 bits per heavy atom. The van der Waals surface area contributed by atoms with Gasteiger partial charge in [-0.05, 0) is 34.2 Å². The van der Waals surface area contributed by atoms with Crippen LogP contribution in [0.25, 0.3) is 24.3 Å². The Kier molecular flexibility index (Phi) is 6.16. The van der Waals surface area contributed by atoms with Crippen molar-refractivity contribution in [1.82, 2.24) is 0 Å². The van der Waals surface area contributed by atoms with E-state index in [1.54, 1.807) is 7.11 Å². The Hall–Kier alpha value is -3.06. The molecule has 0 saturated heterocycles. The molecule has 0 spiro atoms. The minimum atomic E-state index is 0.0525. The van der Waals surface area contributed by atoms with E-state index >= 15 is 0 Å². The van der Waals surface area contributed by atoms with Crippen molar-refractivity contribution in [3.8, 4) is 5.75 Å². The largest absolute Gasteiger partial charge is 0.496 e. The molecule has 0 unspecified atom stereocenters. The normalized spacial score (nSPS) is 12.0. The van der Waals surface area contributed by atoms with Crippen LogP contribution in [0.3, 0.4) is 0 Å². The van der Waals surface area contributed by atoms with E-state index in [0.29, 0.717) is 0 Å². The average Bonchev–Trinajstić information content (AvgIpc) is 2.71. The molecule has 0 aliphatic rings. The summed E-state index contributed by atoms with van der Waals surface area (Å²) in [6.45, 7) is 6.72. The zero-order chi connectivity index (χ0) is 20.0. The highest BCUT2D eigenvalue weighted by Gasteiger charge is 2.17. The molecule has 142 valence electrons. The number of methoxy groups -OCH3 is 1. The van der Waals surface area contributed by atoms with Crippen molar-refractivity contribution in [3.63, 3.8) is 0 Å². The summed E-state index contributed by atoms with van der Waals surface area (Å²) < 4.78 is 5.82. The van der Waals surface area contributed by atoms with Gasteiger partial charge in [-0.2, -0.15) is 0 Å². The van der Waals surface area contributed by atoms with Crippen molar-refractivity contribution in [3.05, 3.63) is 101 Å². The molecule has 0 aliphatic heterocycles. The molecule has 0 aromatic heterocycles. The van der Waals surface area contributed by atoms with Crippen molar-refractivity contribution in [2.75, 3.05) is 7.11 Å². The fraction of sp³-hybridized carbons (Fsp3) is 0.185. The predicted octanol–water partition coefficient (Wildman–Crippen LogP) is 7.33. The Labute approximate surface area is 169 Å². The van der Waals surface area contributed by atoms with Crippen LogP contribution in [0.2, 0.25) is 0 Å². The maximum absolute atomic E-state index is 5.82. The van der Waals surface area contributed by atoms with Gasteiger partial charge in [0.15, 0.2) is 0 Å². The molecule has 0 saturated carbocycles. The van der Waals surface area contributed by atoms with Gasteiger partial charge in [0, 0.05) is 11.1 Å². The highest BCUT2D eigenvalue weighted by Crippen LogP contribution is 2.34. The zero-order valence-corrected chi connectivity index (χ0v) is 17.1. The average molecular weight is 369 g/mol. The highest BCUT2D eigenvalue weighted by atomic mass is 16.5. The summed E-state index contributed by atoms with van der Waals surface area (Å²) in [5.74, 6) is 0.896. The minimum Gasteiger partial charge on any atom is -0.496 e. The molecule has 0 atom stereocenters. The molecule has 3 rings (SSSR count). The Bertz CT molecular complexity index is 888. The van der Waals surface area contributed by atoms with Crippen LogP contribution in [0, 0.1) is 0 Å². The lowest BCUT2D eigenvalue weighted by molar-refractivity contribution is 0.412. The highest BCUT2D eigenvalue weighted by molar-refractivity contribution is 5.80. The Morgan fingerprint density at radius 2 is 1.07 bits per heavy atom. The molecule has 0 amide bonds. The number of benzene rings is 3. The van der Waals surface area contributed by atoms with Crippen molar-refractivity contribution in [2.45, 2.75) is 26.2 Å². The van der Waals surface area contributed by atoms with Gasteiger partial charge >= 0.3 is 0 Å². The quantitative estimate of drug-likeness (QED) is 0.428. The second kappa shape index (κ2) is 8.75. The molecule has 0 N–H and O–H groups in total. The first-order valence-corrected chi connectivity index (χ1v) is 9.66. The molecule has 1 nitrogen and oxygen atoms in total. The van der Waals surface area contributed by atoms with Crippen LogP contribution in [-0.4, -0.2) is 7.11 Å². The van der Waals surface area contributed by atoms with Gasteiger partial charge in [-0.1, -0.05) is 106 Å². The van der Waals surface area contributed by atoms with Gasteiger partial charge < -0.3 is 4.74 Å². The summed E-state index contributed by atoms with van der Waals surface area (Å²) in [6, 6.07) is 25.2. The van der Waals surface area contributed by atoms with Crippen molar-refractivity contribution >= 4 is 24.3 Å². The first-order chi connectivity index (χ1) is 13.5. The van der Waals surface area contributed by atoms with Crippen LogP contribution in [-0.2, 0) is 5.41 Å². The topological polar surface area (TPSA) is 9.23 Å². The maximum atomic E-state index is 5.82. The first kappa shape index (κ1) is 19.7. The summed E-state index contributed by atoms with van der Waals surface area (Å²) in [6.07, 6.45) is 8.55. The molecular weight excluding hydrogens is 340 g/mol. The molecule has 0 aliphatic carbocycles. The number of hydrogen-bond donors (Lipinski definition) is 0. The lowest BCUT2D eigenvalue weighted by Gasteiger charge is -2.22. The van der Waals surface area contributed by atoms with Crippen LogP contribution in [0.1, 0.15) is 48.6 Å². The molecule has 28 heavy (non-hydrogen) atoms. The zero-order valence-electron chi connectivity index (χ0n) is 17.1. The van der Waals surface area contributed by atoms with E-state index in [1.807, 2.05) is 12.1 Å². The smallest absolute Gasteiger partial charge is 0.133 e. The third kappa shape index (κ3) is 5.01. The van der Waals surface area contributed by atoms with Crippen LogP contribution in [0.5, 0.6) is 5.75 Å². The van der Waals surface area contributed by atoms with E-state index in [-0.39, 0.29) is 5.41 Å². The molecular formula is C27H28O. The second-order valence-electron chi connectivity index (χ2n) is 7.93. The van der Waals surface area contributed by atoms with Gasteiger partial charge in [0.1, 0.15) is 5.75 Å². The van der Waals surface area contributed by atoms with Gasteiger partial charge in [-0.25, -0.2) is 0 Å². The molecule has 0 heterocycles. The van der Waals surface area contributed by atoms with Crippen LogP contribution in [0.15, 0.2) is 72.8 Å². The van der Waals surface area contributed by atoms with E-state index in [9.17, 15) is 0 Å². The molecule has 0 fully saturated rings. The van der Waals surface area contributed by atoms with Crippen molar-refractivity contribution in [1.29, 1.82) is 0 Å². The monoisotopic (exact) mass is 368 g/mol. The number of ether oxygens (including phenoxy) is 1. The fourth-order valence-corrected chi connectivity index (χ4v) is 3.09. The second-order valence-corrected chi connectivity index (χ2v) is 7.93. The van der Waals surface area contributed by atoms with Gasteiger partial charge in [-0.3, -0.25) is 0 Å². The minimum absolute atomic E-state index is 0.0525. The third-order valence-corrected chi connectivity index (χ3v) is 4.73. The van der Waals surface area contributed by atoms with Crippen LogP contribution < -0.4 is 4.74 Å². The van der Waals surface area contributed by atoms with Crippen molar-refractivity contribution in [2.24, 2.45) is 0 Å². The van der Waals surface area contributed by atoms with E-state index in [4.69, 9.17) is 4.74 Å². The van der Waals surface area contributed by atoms with Gasteiger partial charge in [0.2, 0.25) is 0 Å². The first-order valence-electron chi connectivity index (χ1n) is 9.66. The lowest BCUT2D eigenvalue weighted by atomic mass is 9.84. The van der Waals surface area contributed by atoms with Crippen LogP contribution >= 0.6 is 0 Å². The summed E-state index contributed by atoms with van der Waals surface area (Å²) in [5, 5.41) is 0. The molecule has 0 bridgehead atoms. The summed E-state index contributed by atoms with van der Waals surface area (Å²) in [5.41, 5.74) is 5.86. The summed E-state index contributed by atoms with van der Waals surface area (Å²) >= 11 is 0. The Morgan fingerprint density at radius 1 is 0.643 bits per heavy atom. The number of hydrogen-bond acceptors (Lipinski definition) is 1. The Balaban J connectivity index is 2.07. The molecule has 3 aromatic carbocycles. The van der Waals surface area contributed by atoms with Crippen LogP contribution in [0.4, 0.5) is 0 Å². The maximum Gasteiger partial charge on any atom is 0.133 e. The van der Waals surface area contributed by atoms with E-state index < -0.39 is 0 Å². The predicted molar refractivity (Wildman–Crippen MR) is 122 cm³/mol. The molecule has 3 aromatic rings. The van der Waals surface area contributed by atoms with Crippen molar-refractivity contribution < 1.29 is 4.74 Å². The fourth-order valence-electron chi connectivity index (χ4n) is 3.09. The SMILES string of the molecule is COc1c(/C=C/c2ccccc2)cc(C(C)(C)C)cc1/C=C/c1ccccc1. The van der Waals surface area contributed by atoms with E-state index in [2.05, 4.69) is 106 Å². The molecule has 0 radical (unpaired) electrons. The van der Waals surface area contributed by atoms with Gasteiger partial charge in [-0.15, -0.1) is 0 Å². The number of rotatable bonds is 5. The summed E-state index contributed by atoms with van der Waals surface area (Å²) in [7, 11) is 1.74. The van der Waals surface area contributed by atoms with Gasteiger partial charge in [0.05, 0.1) is 7.11 Å². The van der Waals surface area contributed by atoms with E-state index in [1.165, 1.54) is 16.7 Å². The summed E-state index contributed by atoms with van der Waals surface area (Å²) in [4.78, 5) is 0. The van der Waals surface area contributed by atoms with Gasteiger partial charge in [0.25, 0.3) is 0 Å². The van der Waals surface area contributed by atoms with E-state index in [0.717, 1.165) is 16.9 Å². The standard InChI is InChI=1S/C27H28O/c1-27(2,3)25-19-23(17-15-21-11-7-5-8-12-21)26(28-4)24(20-25)18-16-22-13-9-6-10-14-22/h5-20H,1-4H3/b17-15+,18-16+. The third-order valence-electron chi connectivity index (χ3n) is 4.73.